The van der Waals surface area contributed by atoms with Crippen molar-refractivity contribution in [3.63, 3.8) is 0 Å². The highest BCUT2D eigenvalue weighted by molar-refractivity contribution is 5.91. The summed E-state index contributed by atoms with van der Waals surface area (Å²) >= 11 is 0. The van der Waals surface area contributed by atoms with Crippen molar-refractivity contribution in [2.45, 2.75) is 63.6 Å². The van der Waals surface area contributed by atoms with E-state index in [-0.39, 0.29) is 5.91 Å². The average Bonchev–Trinajstić information content (AvgIpc) is 2.88. The SMILES string of the molecule is C=C(CCCCCCC(=O)N1Cc2ccccc2C[C@H]1C(=O)N[C@H](C(=O)O)c1ccccc1)NO. The van der Waals surface area contributed by atoms with E-state index in [4.69, 9.17) is 5.21 Å². The molecule has 186 valence electrons. The lowest BCUT2D eigenvalue weighted by Gasteiger charge is -2.36. The van der Waals surface area contributed by atoms with E-state index in [0.717, 1.165) is 30.4 Å². The van der Waals surface area contributed by atoms with Gasteiger partial charge in [-0.1, -0.05) is 74.0 Å². The summed E-state index contributed by atoms with van der Waals surface area (Å²) in [5, 5.41) is 21.2. The quantitative estimate of drug-likeness (QED) is 0.272. The Morgan fingerprint density at radius 1 is 0.943 bits per heavy atom. The fourth-order valence-electron chi connectivity index (χ4n) is 4.36. The highest BCUT2D eigenvalue weighted by atomic mass is 16.5. The fourth-order valence-corrected chi connectivity index (χ4v) is 4.36. The number of fused-ring (bicyclic) bond motifs is 1. The first-order valence-electron chi connectivity index (χ1n) is 11.9. The summed E-state index contributed by atoms with van der Waals surface area (Å²) in [6.45, 7) is 4.00. The van der Waals surface area contributed by atoms with Crippen LogP contribution < -0.4 is 10.8 Å². The van der Waals surface area contributed by atoms with Crippen LogP contribution in [0.1, 0.15) is 61.3 Å². The Hall–Kier alpha value is -3.65. The molecule has 1 aliphatic heterocycles. The van der Waals surface area contributed by atoms with Crippen molar-refractivity contribution in [3.8, 4) is 0 Å². The van der Waals surface area contributed by atoms with Gasteiger partial charge in [-0.25, -0.2) is 4.79 Å². The first kappa shape index (κ1) is 26.0. The van der Waals surface area contributed by atoms with Crippen LogP contribution in [-0.4, -0.2) is 39.0 Å². The number of carbonyl (C=O) groups excluding carboxylic acids is 2. The number of carbonyl (C=O) groups is 3. The Morgan fingerprint density at radius 3 is 2.23 bits per heavy atom. The molecule has 1 aliphatic rings. The van der Waals surface area contributed by atoms with Crippen LogP contribution in [0.2, 0.25) is 0 Å². The molecule has 1 heterocycles. The van der Waals surface area contributed by atoms with Crippen molar-refractivity contribution >= 4 is 17.8 Å². The molecule has 0 radical (unpaired) electrons. The molecule has 0 saturated carbocycles. The molecule has 0 saturated heterocycles. The Balaban J connectivity index is 1.67. The van der Waals surface area contributed by atoms with Gasteiger partial charge in [0, 0.05) is 25.1 Å². The van der Waals surface area contributed by atoms with Gasteiger partial charge >= 0.3 is 5.97 Å². The topological polar surface area (TPSA) is 119 Å². The predicted molar refractivity (Wildman–Crippen MR) is 131 cm³/mol. The molecular formula is C27H33N3O5. The third-order valence-electron chi connectivity index (χ3n) is 6.32. The number of allylic oxidation sites excluding steroid dienone is 1. The summed E-state index contributed by atoms with van der Waals surface area (Å²) in [6.07, 6.45) is 4.61. The molecule has 0 aromatic heterocycles. The number of carboxylic acids is 1. The number of aliphatic carboxylic acids is 1. The van der Waals surface area contributed by atoms with Crippen molar-refractivity contribution in [1.29, 1.82) is 0 Å². The molecule has 0 spiro atoms. The average molecular weight is 480 g/mol. The highest BCUT2D eigenvalue weighted by Crippen LogP contribution is 2.26. The molecule has 0 fully saturated rings. The van der Waals surface area contributed by atoms with Gasteiger partial charge in [0.05, 0.1) is 0 Å². The van der Waals surface area contributed by atoms with Crippen LogP contribution in [0, 0.1) is 0 Å². The number of benzene rings is 2. The van der Waals surface area contributed by atoms with Gasteiger partial charge in [-0.05, 0) is 36.0 Å². The van der Waals surface area contributed by atoms with Crippen LogP contribution in [0.25, 0.3) is 0 Å². The van der Waals surface area contributed by atoms with E-state index in [2.05, 4.69) is 11.9 Å². The molecular weight excluding hydrogens is 446 g/mol. The van der Waals surface area contributed by atoms with E-state index in [9.17, 15) is 19.5 Å². The van der Waals surface area contributed by atoms with Gasteiger partial charge in [0.15, 0.2) is 6.04 Å². The summed E-state index contributed by atoms with van der Waals surface area (Å²) in [4.78, 5) is 40.0. The monoisotopic (exact) mass is 479 g/mol. The third-order valence-corrected chi connectivity index (χ3v) is 6.32. The first-order valence-corrected chi connectivity index (χ1v) is 11.9. The Kier molecular flexibility index (Phi) is 9.43. The van der Waals surface area contributed by atoms with Crippen molar-refractivity contribution in [2.24, 2.45) is 0 Å². The maximum Gasteiger partial charge on any atom is 0.330 e. The van der Waals surface area contributed by atoms with Crippen molar-refractivity contribution in [3.05, 3.63) is 83.6 Å². The number of nitrogens with one attached hydrogen (secondary N) is 2. The number of amides is 2. The summed E-state index contributed by atoms with van der Waals surface area (Å²) in [5.74, 6) is -1.75. The molecule has 0 bridgehead atoms. The Morgan fingerprint density at radius 2 is 1.57 bits per heavy atom. The molecule has 2 aromatic rings. The molecule has 8 heteroatoms. The van der Waals surface area contributed by atoms with Crippen LogP contribution in [0.4, 0.5) is 0 Å². The molecule has 8 nitrogen and oxygen atoms in total. The molecule has 35 heavy (non-hydrogen) atoms. The molecule has 0 unspecified atom stereocenters. The summed E-state index contributed by atoms with van der Waals surface area (Å²) in [5.41, 5.74) is 5.07. The zero-order chi connectivity index (χ0) is 25.2. The third kappa shape index (κ3) is 7.16. The minimum atomic E-state index is -1.19. The van der Waals surface area contributed by atoms with Crippen molar-refractivity contribution < 1.29 is 24.7 Å². The minimum Gasteiger partial charge on any atom is -0.479 e. The van der Waals surface area contributed by atoms with E-state index in [0.29, 0.717) is 43.5 Å². The lowest BCUT2D eigenvalue weighted by atomic mass is 9.92. The smallest absolute Gasteiger partial charge is 0.330 e. The number of nitrogens with zero attached hydrogens (tertiary/aromatic N) is 1. The van der Waals surface area contributed by atoms with E-state index in [1.165, 1.54) is 0 Å². The summed E-state index contributed by atoms with van der Waals surface area (Å²) in [6, 6.07) is 14.3. The van der Waals surface area contributed by atoms with E-state index < -0.39 is 24.0 Å². The number of unbranched alkanes of at least 4 members (excludes halogenated alkanes) is 3. The van der Waals surface area contributed by atoms with Gasteiger partial charge < -0.3 is 15.3 Å². The lowest BCUT2D eigenvalue weighted by molar-refractivity contribution is -0.145. The van der Waals surface area contributed by atoms with Crippen molar-refractivity contribution in [2.75, 3.05) is 0 Å². The molecule has 2 amide bonds. The second-order valence-corrected chi connectivity index (χ2v) is 8.83. The number of hydrogen-bond donors (Lipinski definition) is 4. The second-order valence-electron chi connectivity index (χ2n) is 8.83. The van der Waals surface area contributed by atoms with Crippen LogP contribution in [0.5, 0.6) is 0 Å². The van der Waals surface area contributed by atoms with Crippen LogP contribution in [-0.2, 0) is 27.3 Å². The van der Waals surface area contributed by atoms with Crippen molar-refractivity contribution in [1.82, 2.24) is 15.7 Å². The van der Waals surface area contributed by atoms with E-state index in [1.807, 2.05) is 29.7 Å². The first-order chi connectivity index (χ1) is 16.9. The van der Waals surface area contributed by atoms with E-state index >= 15 is 0 Å². The van der Waals surface area contributed by atoms with Crippen LogP contribution in [0.3, 0.4) is 0 Å². The van der Waals surface area contributed by atoms with Gasteiger partial charge in [-0.3, -0.25) is 20.3 Å². The standard InChI is InChI=1S/C27H33N3O5/c1-19(29-35)11-5-2-3-8-16-24(31)30-18-22-15-10-9-14-21(22)17-23(30)26(32)28-25(27(33)34)20-12-6-4-7-13-20/h4,6-7,9-10,12-15,23,25,29,35H,1-3,5,8,11,16-18H2,(H,28,32)(H,33,34)/t23-,25-/m0/s1. The van der Waals surface area contributed by atoms with Gasteiger partial charge in [0.25, 0.3) is 0 Å². The Bertz CT molecular complexity index is 1040. The van der Waals surface area contributed by atoms with Gasteiger partial charge in [0.2, 0.25) is 11.8 Å². The summed E-state index contributed by atoms with van der Waals surface area (Å²) < 4.78 is 0. The lowest BCUT2D eigenvalue weighted by Crippen LogP contribution is -2.53. The molecule has 4 N–H and O–H groups in total. The highest BCUT2D eigenvalue weighted by Gasteiger charge is 2.36. The maximum atomic E-state index is 13.3. The van der Waals surface area contributed by atoms with E-state index in [1.54, 1.807) is 35.2 Å². The number of rotatable bonds is 12. The largest absolute Gasteiger partial charge is 0.479 e. The van der Waals surface area contributed by atoms with Crippen LogP contribution in [0.15, 0.2) is 66.9 Å². The molecule has 2 atom stereocenters. The number of hydrogen-bond acceptors (Lipinski definition) is 5. The molecule has 2 aromatic carbocycles. The maximum absolute atomic E-state index is 13.3. The zero-order valence-corrected chi connectivity index (χ0v) is 19.8. The fraction of sp³-hybridized carbons (Fsp3) is 0.370. The van der Waals surface area contributed by atoms with Gasteiger partial charge in [-0.15, -0.1) is 0 Å². The second kappa shape index (κ2) is 12.7. The number of hydroxylamine groups is 1. The predicted octanol–water partition coefficient (Wildman–Crippen LogP) is 3.72. The van der Waals surface area contributed by atoms with Gasteiger partial charge in [-0.2, -0.15) is 0 Å². The summed E-state index contributed by atoms with van der Waals surface area (Å²) in [7, 11) is 0. The van der Waals surface area contributed by atoms with Gasteiger partial charge in [0.1, 0.15) is 6.04 Å². The zero-order valence-electron chi connectivity index (χ0n) is 19.8. The number of carboxylic acid groups (broad SMARTS) is 1. The Labute approximate surface area is 205 Å². The normalized spacial score (nSPS) is 15.6. The minimum absolute atomic E-state index is 0.118. The van der Waals surface area contributed by atoms with Crippen LogP contribution >= 0.6 is 0 Å². The molecule has 3 rings (SSSR count). The molecule has 0 aliphatic carbocycles.